The number of rotatable bonds is 5. The molecular weight excluding hydrogens is 432 g/mol. The van der Waals surface area contributed by atoms with Crippen molar-refractivity contribution >= 4 is 0 Å². The number of hydrogen-bond donors (Lipinski definition) is 0. The monoisotopic (exact) mass is 470 g/mol. The highest BCUT2D eigenvalue weighted by Gasteiger charge is 2.86. The highest BCUT2D eigenvalue weighted by Crippen LogP contribution is 2.73. The van der Waals surface area contributed by atoms with Crippen LogP contribution in [0, 0.1) is 23.7 Å². The largest absolute Gasteiger partial charge is 0.370 e. The van der Waals surface area contributed by atoms with Crippen molar-refractivity contribution in [3.8, 4) is 0 Å². The first kappa shape index (κ1) is 19.8. The van der Waals surface area contributed by atoms with Gasteiger partial charge in [0.2, 0.25) is 0 Å². The molecule has 0 amide bonds. The van der Waals surface area contributed by atoms with Crippen molar-refractivity contribution in [3.63, 3.8) is 0 Å². The molecule has 6 saturated heterocycles. The summed E-state index contributed by atoms with van der Waals surface area (Å²) in [4.78, 5) is 0. The highest BCUT2D eigenvalue weighted by atomic mass is 16.7. The average Bonchev–Trinajstić information content (AvgIpc) is 3.70. The zero-order chi connectivity index (χ0) is 21.8. The van der Waals surface area contributed by atoms with Crippen molar-refractivity contribution in [1.82, 2.24) is 0 Å². The molecule has 0 aromatic heterocycles. The lowest BCUT2D eigenvalue weighted by Crippen LogP contribution is -2.53. The Morgan fingerprint density at radius 2 is 0.765 bits per heavy atom. The third-order valence-electron chi connectivity index (χ3n) is 12.2. The minimum Gasteiger partial charge on any atom is -0.370 e. The summed E-state index contributed by atoms with van der Waals surface area (Å²) in [6, 6.07) is 0. The smallest absolute Gasteiger partial charge is 0.130 e. The molecule has 16 atom stereocenters. The SMILES string of the molecule is C1CC2OC2CC1C1OC1(C1CCC2OC2C1)C1(C2CCC3OC3C2)OC1C1CCC2OC2C1. The van der Waals surface area contributed by atoms with Gasteiger partial charge in [0.15, 0.2) is 0 Å². The lowest BCUT2D eigenvalue weighted by atomic mass is 9.60. The summed E-state index contributed by atoms with van der Waals surface area (Å²) in [5.41, 5.74) is -0.205. The lowest BCUT2D eigenvalue weighted by molar-refractivity contribution is 0.0363. The molecule has 6 nitrogen and oxygen atoms in total. The Morgan fingerprint density at radius 1 is 0.382 bits per heavy atom. The van der Waals surface area contributed by atoms with E-state index >= 15 is 0 Å². The van der Waals surface area contributed by atoms with E-state index in [1.165, 1.54) is 77.0 Å². The second-order valence-corrected chi connectivity index (χ2v) is 13.7. The summed E-state index contributed by atoms with van der Waals surface area (Å²) >= 11 is 0. The van der Waals surface area contributed by atoms with E-state index in [-0.39, 0.29) is 11.2 Å². The molecule has 4 saturated carbocycles. The van der Waals surface area contributed by atoms with Crippen molar-refractivity contribution in [2.45, 2.75) is 149 Å². The summed E-state index contributed by atoms with van der Waals surface area (Å²) in [5.74, 6) is 2.43. The molecule has 0 aromatic carbocycles. The van der Waals surface area contributed by atoms with E-state index in [9.17, 15) is 0 Å². The molecule has 6 heteroatoms. The summed E-state index contributed by atoms with van der Waals surface area (Å²) in [7, 11) is 0. The molecule has 4 aliphatic carbocycles. The molecular formula is C28H38O6. The molecule has 34 heavy (non-hydrogen) atoms. The Balaban J connectivity index is 1.03. The predicted molar refractivity (Wildman–Crippen MR) is 119 cm³/mol. The second-order valence-electron chi connectivity index (χ2n) is 13.7. The van der Waals surface area contributed by atoms with Crippen molar-refractivity contribution in [2.24, 2.45) is 23.7 Å². The molecule has 0 spiro atoms. The number of hydrogen-bond acceptors (Lipinski definition) is 6. The minimum absolute atomic E-state index is 0.103. The van der Waals surface area contributed by atoms with Crippen LogP contribution in [0.5, 0.6) is 0 Å². The zero-order valence-corrected chi connectivity index (χ0v) is 20.0. The van der Waals surface area contributed by atoms with Crippen LogP contribution in [0.25, 0.3) is 0 Å². The van der Waals surface area contributed by atoms with Crippen LogP contribution in [0.4, 0.5) is 0 Å². The van der Waals surface area contributed by atoms with Crippen LogP contribution in [-0.2, 0) is 28.4 Å². The average molecular weight is 471 g/mol. The second kappa shape index (κ2) is 6.42. The van der Waals surface area contributed by atoms with Crippen LogP contribution in [0.1, 0.15) is 77.0 Å². The van der Waals surface area contributed by atoms with Gasteiger partial charge in [-0.25, -0.2) is 0 Å². The maximum atomic E-state index is 7.20. The molecule has 0 radical (unpaired) electrons. The molecule has 0 N–H and O–H groups in total. The summed E-state index contributed by atoms with van der Waals surface area (Å²) < 4.78 is 38.4. The predicted octanol–water partition coefficient (Wildman–Crippen LogP) is 3.53. The Hall–Kier alpha value is -0.240. The quantitative estimate of drug-likeness (QED) is 0.572. The van der Waals surface area contributed by atoms with Crippen LogP contribution >= 0.6 is 0 Å². The first-order valence-electron chi connectivity index (χ1n) is 14.7. The fourth-order valence-electron chi connectivity index (χ4n) is 10.2. The Labute approximate surface area is 201 Å². The zero-order valence-electron chi connectivity index (χ0n) is 20.0. The van der Waals surface area contributed by atoms with Gasteiger partial charge in [0.25, 0.3) is 0 Å². The highest BCUT2D eigenvalue weighted by molar-refractivity contribution is 5.33. The lowest BCUT2D eigenvalue weighted by Gasteiger charge is -2.39. The molecule has 0 aromatic rings. The van der Waals surface area contributed by atoms with Crippen LogP contribution in [-0.4, -0.2) is 72.2 Å². The molecule has 10 fully saturated rings. The molecule has 10 rings (SSSR count). The van der Waals surface area contributed by atoms with Gasteiger partial charge in [0.1, 0.15) is 11.2 Å². The molecule has 16 unspecified atom stereocenters. The van der Waals surface area contributed by atoms with E-state index in [1.807, 2.05) is 0 Å². The minimum atomic E-state index is -0.103. The van der Waals surface area contributed by atoms with E-state index < -0.39 is 0 Å². The first-order chi connectivity index (χ1) is 16.7. The Morgan fingerprint density at radius 3 is 1.15 bits per heavy atom. The van der Waals surface area contributed by atoms with Gasteiger partial charge in [-0.15, -0.1) is 0 Å². The molecule has 186 valence electrons. The summed E-state index contributed by atoms with van der Waals surface area (Å²) in [6.07, 6.45) is 19.5. The third-order valence-corrected chi connectivity index (χ3v) is 12.2. The van der Waals surface area contributed by atoms with Crippen molar-refractivity contribution in [2.75, 3.05) is 0 Å². The van der Waals surface area contributed by atoms with Crippen LogP contribution in [0.3, 0.4) is 0 Å². The van der Waals surface area contributed by atoms with Gasteiger partial charge in [-0.05, 0) is 101 Å². The van der Waals surface area contributed by atoms with E-state index in [0.29, 0.717) is 84.7 Å². The normalized spacial score (nSPS) is 68.5. The van der Waals surface area contributed by atoms with Crippen LogP contribution in [0.15, 0.2) is 0 Å². The molecule has 6 aliphatic heterocycles. The Bertz CT molecular complexity index is 839. The standard InChI is InChI=1S/C28H38O6/c1-5-17-21(29-17)9-13(1)25-27(33-25,15-3-7-19-23(11-15)31-19)28(16-4-8-20-24(12-16)32-20)26(34-28)14-2-6-18-22(10-14)30-18/h13-26H,1-12H2. The third kappa shape index (κ3) is 2.64. The van der Waals surface area contributed by atoms with E-state index in [4.69, 9.17) is 28.4 Å². The van der Waals surface area contributed by atoms with E-state index in [2.05, 4.69) is 0 Å². The van der Waals surface area contributed by atoms with E-state index in [1.54, 1.807) is 0 Å². The van der Waals surface area contributed by atoms with Gasteiger partial charge in [0.05, 0.1) is 61.0 Å². The maximum absolute atomic E-state index is 7.20. The summed E-state index contributed by atoms with van der Waals surface area (Å²) in [6.45, 7) is 0. The van der Waals surface area contributed by atoms with Crippen molar-refractivity contribution in [3.05, 3.63) is 0 Å². The van der Waals surface area contributed by atoms with Crippen LogP contribution in [0.2, 0.25) is 0 Å². The van der Waals surface area contributed by atoms with Crippen LogP contribution < -0.4 is 0 Å². The fourth-order valence-corrected chi connectivity index (χ4v) is 10.2. The van der Waals surface area contributed by atoms with Gasteiger partial charge < -0.3 is 28.4 Å². The van der Waals surface area contributed by atoms with Crippen molar-refractivity contribution in [1.29, 1.82) is 0 Å². The first-order valence-corrected chi connectivity index (χ1v) is 14.7. The maximum Gasteiger partial charge on any atom is 0.130 e. The molecule has 10 aliphatic rings. The van der Waals surface area contributed by atoms with E-state index in [0.717, 1.165) is 0 Å². The van der Waals surface area contributed by atoms with Gasteiger partial charge in [-0.2, -0.15) is 0 Å². The number of ether oxygens (including phenoxy) is 6. The summed E-state index contributed by atoms with van der Waals surface area (Å²) in [5, 5.41) is 0. The number of fused-ring (bicyclic) bond motifs is 4. The van der Waals surface area contributed by atoms with Gasteiger partial charge >= 0.3 is 0 Å². The Kier molecular flexibility index (Phi) is 3.74. The van der Waals surface area contributed by atoms with Gasteiger partial charge in [-0.1, -0.05) is 0 Å². The topological polar surface area (TPSA) is 75.2 Å². The number of epoxide rings is 6. The van der Waals surface area contributed by atoms with Gasteiger partial charge in [-0.3, -0.25) is 0 Å². The molecule has 6 heterocycles. The van der Waals surface area contributed by atoms with Gasteiger partial charge in [0, 0.05) is 0 Å². The molecule has 0 bridgehead atoms. The van der Waals surface area contributed by atoms with Crippen molar-refractivity contribution < 1.29 is 28.4 Å². The fraction of sp³-hybridized carbons (Fsp3) is 1.00.